The van der Waals surface area contributed by atoms with Crippen molar-refractivity contribution in [3.8, 4) is 11.1 Å². The fourth-order valence-electron chi connectivity index (χ4n) is 4.65. The molecule has 0 aliphatic heterocycles. The summed E-state index contributed by atoms with van der Waals surface area (Å²) in [6.45, 7) is 6.00. The lowest BCUT2D eigenvalue weighted by Gasteiger charge is -2.26. The van der Waals surface area contributed by atoms with Crippen molar-refractivity contribution in [1.29, 1.82) is 0 Å². The number of carboxylic acids is 1. The van der Waals surface area contributed by atoms with Crippen molar-refractivity contribution < 1.29 is 24.2 Å². The zero-order chi connectivity index (χ0) is 25.4. The van der Waals surface area contributed by atoms with Gasteiger partial charge in [0.1, 0.15) is 12.6 Å². The van der Waals surface area contributed by atoms with Crippen LogP contribution in [0.5, 0.6) is 0 Å². The molecule has 0 radical (unpaired) electrons. The van der Waals surface area contributed by atoms with Crippen LogP contribution in [0.1, 0.15) is 69.9 Å². The van der Waals surface area contributed by atoms with Gasteiger partial charge in [0.15, 0.2) is 0 Å². The highest BCUT2D eigenvalue weighted by Crippen LogP contribution is 2.44. The van der Waals surface area contributed by atoms with E-state index in [0.717, 1.165) is 35.1 Å². The number of alkyl carbamates (subject to hydrolysis) is 1. The van der Waals surface area contributed by atoms with E-state index in [1.807, 2.05) is 45.0 Å². The number of carbonyl (C=O) groups is 3. The van der Waals surface area contributed by atoms with E-state index in [-0.39, 0.29) is 30.8 Å². The van der Waals surface area contributed by atoms with Crippen LogP contribution in [0.2, 0.25) is 0 Å². The molecule has 3 atom stereocenters. The summed E-state index contributed by atoms with van der Waals surface area (Å²) in [6, 6.07) is 14.9. The Bertz CT molecular complexity index is 992. The van der Waals surface area contributed by atoms with Gasteiger partial charge in [0.2, 0.25) is 5.91 Å². The Morgan fingerprint density at radius 1 is 0.971 bits per heavy atom. The molecule has 35 heavy (non-hydrogen) atoms. The molecule has 0 saturated carbocycles. The first kappa shape index (κ1) is 26.3. The number of aliphatic carboxylic acids is 1. The van der Waals surface area contributed by atoms with E-state index in [1.165, 1.54) is 0 Å². The number of fused-ring (bicyclic) bond motifs is 3. The number of rotatable bonds is 12. The minimum Gasteiger partial charge on any atom is -0.481 e. The monoisotopic (exact) mass is 480 g/mol. The molecule has 0 spiro atoms. The highest BCUT2D eigenvalue weighted by Gasteiger charge is 2.31. The number of ether oxygens (including phenoxy) is 1. The Morgan fingerprint density at radius 2 is 1.57 bits per heavy atom. The van der Waals surface area contributed by atoms with Crippen LogP contribution >= 0.6 is 0 Å². The third kappa shape index (κ3) is 6.62. The van der Waals surface area contributed by atoms with Gasteiger partial charge in [-0.3, -0.25) is 9.59 Å². The first-order chi connectivity index (χ1) is 16.8. The maximum Gasteiger partial charge on any atom is 0.407 e. The number of amides is 2. The van der Waals surface area contributed by atoms with Crippen molar-refractivity contribution in [3.63, 3.8) is 0 Å². The molecule has 188 valence electrons. The van der Waals surface area contributed by atoms with Crippen LogP contribution in [-0.2, 0) is 14.3 Å². The molecular weight excluding hydrogens is 444 g/mol. The fraction of sp³-hybridized carbons (Fsp3) is 0.464. The molecule has 1 aliphatic rings. The second-order valence-electron chi connectivity index (χ2n) is 9.28. The minimum absolute atomic E-state index is 0.0713. The summed E-state index contributed by atoms with van der Waals surface area (Å²) in [6.07, 6.45) is 2.15. The maximum atomic E-state index is 13.0. The van der Waals surface area contributed by atoms with Gasteiger partial charge in [0.25, 0.3) is 0 Å². The average Bonchev–Trinajstić information content (AvgIpc) is 3.17. The third-order valence-corrected chi connectivity index (χ3v) is 6.79. The Balaban J connectivity index is 1.66. The van der Waals surface area contributed by atoms with E-state index < -0.39 is 24.1 Å². The van der Waals surface area contributed by atoms with E-state index in [9.17, 15) is 19.5 Å². The molecule has 2 amide bonds. The SMILES string of the molecule is CCCC[C@@H](CC(=O)O)NC(=O)C(NC(=O)OCC1c2ccccc2-c2ccccc21)C(C)CC. The Morgan fingerprint density at radius 3 is 2.11 bits per heavy atom. The van der Waals surface area contributed by atoms with Crippen LogP contribution in [0.15, 0.2) is 48.5 Å². The number of hydrogen-bond donors (Lipinski definition) is 3. The molecule has 0 fully saturated rings. The van der Waals surface area contributed by atoms with Gasteiger partial charge in [-0.15, -0.1) is 0 Å². The smallest absolute Gasteiger partial charge is 0.407 e. The normalized spacial score (nSPS) is 14.8. The van der Waals surface area contributed by atoms with Gasteiger partial charge in [-0.2, -0.15) is 0 Å². The summed E-state index contributed by atoms with van der Waals surface area (Å²) in [7, 11) is 0. The summed E-state index contributed by atoms with van der Waals surface area (Å²) in [4.78, 5) is 37.1. The summed E-state index contributed by atoms with van der Waals surface area (Å²) in [5.41, 5.74) is 4.52. The van der Waals surface area contributed by atoms with Gasteiger partial charge in [-0.05, 0) is 34.6 Å². The topological polar surface area (TPSA) is 105 Å². The predicted molar refractivity (Wildman–Crippen MR) is 135 cm³/mol. The Hall–Kier alpha value is -3.35. The van der Waals surface area contributed by atoms with Crippen LogP contribution in [0.4, 0.5) is 4.79 Å². The quantitative estimate of drug-likeness (QED) is 0.392. The molecule has 7 nitrogen and oxygen atoms in total. The molecule has 0 aromatic heterocycles. The zero-order valence-corrected chi connectivity index (χ0v) is 20.8. The molecule has 0 saturated heterocycles. The lowest BCUT2D eigenvalue weighted by molar-refractivity contribution is -0.137. The van der Waals surface area contributed by atoms with Gasteiger partial charge in [0.05, 0.1) is 6.42 Å². The minimum atomic E-state index is -0.962. The molecule has 3 N–H and O–H groups in total. The standard InChI is InChI=1S/C28H36N2O5/c1-4-6-11-19(16-25(31)32)29-27(33)26(18(3)5-2)30-28(34)35-17-24-22-14-9-7-12-20(22)21-13-8-10-15-23(21)24/h7-10,12-15,18-19,24,26H,4-6,11,16-17H2,1-3H3,(H,29,33)(H,30,34)(H,31,32)/t18?,19-,26?/m0/s1. The van der Waals surface area contributed by atoms with E-state index in [2.05, 4.69) is 34.9 Å². The summed E-state index contributed by atoms with van der Waals surface area (Å²) in [5.74, 6) is -1.56. The summed E-state index contributed by atoms with van der Waals surface area (Å²) < 4.78 is 5.63. The van der Waals surface area contributed by atoms with Gasteiger partial charge in [-0.25, -0.2) is 4.79 Å². The van der Waals surface area contributed by atoms with Crippen molar-refractivity contribution in [2.24, 2.45) is 5.92 Å². The average molecular weight is 481 g/mol. The Kier molecular flexibility index (Phi) is 9.29. The third-order valence-electron chi connectivity index (χ3n) is 6.79. The van der Waals surface area contributed by atoms with Crippen molar-refractivity contribution in [2.45, 2.75) is 70.9 Å². The summed E-state index contributed by atoms with van der Waals surface area (Å²) in [5, 5.41) is 14.8. The fourth-order valence-corrected chi connectivity index (χ4v) is 4.65. The van der Waals surface area contributed by atoms with Gasteiger partial charge in [-0.1, -0.05) is 88.6 Å². The molecule has 1 aliphatic carbocycles. The number of carbonyl (C=O) groups excluding carboxylic acids is 2. The second-order valence-corrected chi connectivity index (χ2v) is 9.28. The number of hydrogen-bond acceptors (Lipinski definition) is 4. The second kappa shape index (κ2) is 12.4. The molecule has 7 heteroatoms. The number of benzene rings is 2. The lowest BCUT2D eigenvalue weighted by atomic mass is 9.97. The predicted octanol–water partition coefficient (Wildman–Crippen LogP) is 5.09. The highest BCUT2D eigenvalue weighted by atomic mass is 16.5. The molecule has 3 rings (SSSR count). The van der Waals surface area contributed by atoms with E-state index >= 15 is 0 Å². The van der Waals surface area contributed by atoms with Crippen molar-refractivity contribution in [3.05, 3.63) is 59.7 Å². The molecule has 0 heterocycles. The number of nitrogens with one attached hydrogen (secondary N) is 2. The van der Waals surface area contributed by atoms with Crippen LogP contribution in [0, 0.1) is 5.92 Å². The Labute approximate surface area is 207 Å². The van der Waals surface area contributed by atoms with Crippen molar-refractivity contribution in [2.75, 3.05) is 6.61 Å². The maximum absolute atomic E-state index is 13.0. The van der Waals surface area contributed by atoms with Crippen LogP contribution in [-0.4, -0.2) is 41.8 Å². The van der Waals surface area contributed by atoms with Crippen LogP contribution in [0.25, 0.3) is 11.1 Å². The van der Waals surface area contributed by atoms with Gasteiger partial charge < -0.3 is 20.5 Å². The summed E-state index contributed by atoms with van der Waals surface area (Å²) >= 11 is 0. The van der Waals surface area contributed by atoms with E-state index in [1.54, 1.807) is 0 Å². The molecule has 0 bridgehead atoms. The number of unbranched alkanes of at least 4 members (excludes halogenated alkanes) is 1. The first-order valence-corrected chi connectivity index (χ1v) is 12.5. The van der Waals surface area contributed by atoms with E-state index in [4.69, 9.17) is 4.74 Å². The lowest BCUT2D eigenvalue weighted by Crippen LogP contribution is -2.53. The molecule has 2 aromatic carbocycles. The van der Waals surface area contributed by atoms with Crippen LogP contribution in [0.3, 0.4) is 0 Å². The molecule has 2 unspecified atom stereocenters. The van der Waals surface area contributed by atoms with Crippen molar-refractivity contribution in [1.82, 2.24) is 10.6 Å². The largest absolute Gasteiger partial charge is 0.481 e. The van der Waals surface area contributed by atoms with Crippen molar-refractivity contribution >= 4 is 18.0 Å². The van der Waals surface area contributed by atoms with Gasteiger partial charge in [0, 0.05) is 12.0 Å². The van der Waals surface area contributed by atoms with Gasteiger partial charge >= 0.3 is 12.1 Å². The molecule has 2 aromatic rings. The van der Waals surface area contributed by atoms with E-state index in [0.29, 0.717) is 12.8 Å². The highest BCUT2D eigenvalue weighted by molar-refractivity contribution is 5.86. The number of carboxylic acid groups (broad SMARTS) is 1. The molecular formula is C28H36N2O5. The first-order valence-electron chi connectivity index (χ1n) is 12.5. The zero-order valence-electron chi connectivity index (χ0n) is 20.8. The van der Waals surface area contributed by atoms with Crippen LogP contribution < -0.4 is 10.6 Å².